The zero-order valence-corrected chi connectivity index (χ0v) is 11.7. The van der Waals surface area contributed by atoms with Crippen LogP contribution in [0.25, 0.3) is 0 Å². The Balaban J connectivity index is 2.08. The molecule has 1 aromatic rings. The number of aliphatic carboxylic acids is 1. The number of nitrogens with zero attached hydrogens (tertiary/aromatic N) is 1. The lowest BCUT2D eigenvalue weighted by molar-refractivity contribution is -0.384. The van der Waals surface area contributed by atoms with E-state index in [1.165, 1.54) is 0 Å². The van der Waals surface area contributed by atoms with Crippen molar-refractivity contribution in [3.8, 4) is 0 Å². The Morgan fingerprint density at radius 2 is 1.90 bits per heavy atom. The van der Waals surface area contributed by atoms with Crippen molar-refractivity contribution >= 4 is 21.7 Å². The van der Waals surface area contributed by atoms with E-state index in [0.29, 0.717) is 12.8 Å². The molecule has 9 heteroatoms. The van der Waals surface area contributed by atoms with E-state index < -0.39 is 32.9 Å². The lowest BCUT2D eigenvalue weighted by Gasteiger charge is -2.12. The number of carboxylic acids is 1. The number of hydrogen-bond acceptors (Lipinski definition) is 5. The zero-order chi connectivity index (χ0) is 15.6. The highest BCUT2D eigenvalue weighted by Gasteiger charge is 2.32. The van der Waals surface area contributed by atoms with E-state index >= 15 is 0 Å². The highest BCUT2D eigenvalue weighted by atomic mass is 32.2. The molecule has 1 fully saturated rings. The summed E-state index contributed by atoms with van der Waals surface area (Å²) in [5, 5.41) is 19.4. The van der Waals surface area contributed by atoms with Gasteiger partial charge in [0.2, 0.25) is 10.0 Å². The maximum Gasteiger partial charge on any atom is 0.306 e. The number of nitro benzene ring substituents is 1. The molecule has 8 nitrogen and oxygen atoms in total. The molecular formula is C12H14N2O6S. The van der Waals surface area contributed by atoms with Crippen LogP contribution in [0.15, 0.2) is 29.2 Å². The lowest BCUT2D eigenvalue weighted by atomic mass is 10.1. The van der Waals surface area contributed by atoms with Gasteiger partial charge in [-0.2, -0.15) is 0 Å². The van der Waals surface area contributed by atoms with Gasteiger partial charge in [-0.25, -0.2) is 13.1 Å². The van der Waals surface area contributed by atoms with Crippen molar-refractivity contribution in [1.82, 2.24) is 4.72 Å². The molecule has 0 amide bonds. The Morgan fingerprint density at radius 1 is 1.29 bits per heavy atom. The second-order valence-electron chi connectivity index (χ2n) is 4.92. The fourth-order valence-electron chi connectivity index (χ4n) is 2.35. The molecule has 0 aromatic heterocycles. The van der Waals surface area contributed by atoms with Crippen molar-refractivity contribution in [2.75, 3.05) is 0 Å². The van der Waals surface area contributed by atoms with E-state index in [2.05, 4.69) is 4.72 Å². The van der Waals surface area contributed by atoms with Crippen molar-refractivity contribution in [1.29, 1.82) is 0 Å². The van der Waals surface area contributed by atoms with Gasteiger partial charge in [0, 0.05) is 18.2 Å². The average molecular weight is 314 g/mol. The van der Waals surface area contributed by atoms with Gasteiger partial charge in [-0.3, -0.25) is 14.9 Å². The van der Waals surface area contributed by atoms with Crippen LogP contribution >= 0.6 is 0 Å². The molecule has 1 aliphatic rings. The molecule has 0 heterocycles. The normalized spacial score (nSPS) is 22.1. The van der Waals surface area contributed by atoms with Crippen LogP contribution in [0.4, 0.5) is 5.69 Å². The summed E-state index contributed by atoms with van der Waals surface area (Å²) in [4.78, 5) is 20.7. The molecule has 2 rings (SSSR count). The standard InChI is InChI=1S/C12H14N2O6S/c15-12(16)8-1-2-9(7-8)13-21(19,20)11-5-3-10(4-6-11)14(17)18/h3-6,8-9,13H,1-2,7H2,(H,15,16). The Bertz CT molecular complexity index is 655. The van der Waals surface area contributed by atoms with E-state index in [4.69, 9.17) is 5.11 Å². The summed E-state index contributed by atoms with van der Waals surface area (Å²) in [7, 11) is -3.80. The van der Waals surface area contributed by atoms with Crippen molar-refractivity contribution in [3.63, 3.8) is 0 Å². The van der Waals surface area contributed by atoms with E-state index in [9.17, 15) is 23.3 Å². The lowest BCUT2D eigenvalue weighted by Crippen LogP contribution is -2.33. The first-order chi connectivity index (χ1) is 9.79. The molecule has 1 saturated carbocycles. The molecule has 21 heavy (non-hydrogen) atoms. The number of carbonyl (C=O) groups is 1. The highest BCUT2D eigenvalue weighted by Crippen LogP contribution is 2.27. The minimum atomic E-state index is -3.80. The van der Waals surface area contributed by atoms with Crippen LogP contribution in [0.1, 0.15) is 19.3 Å². The predicted molar refractivity (Wildman–Crippen MR) is 72.2 cm³/mol. The first-order valence-electron chi connectivity index (χ1n) is 6.29. The van der Waals surface area contributed by atoms with Crippen molar-refractivity contribution in [2.45, 2.75) is 30.2 Å². The monoisotopic (exact) mass is 314 g/mol. The third kappa shape index (κ3) is 3.56. The quantitative estimate of drug-likeness (QED) is 0.619. The molecule has 0 aliphatic heterocycles. The molecule has 2 atom stereocenters. The first-order valence-corrected chi connectivity index (χ1v) is 7.77. The van der Waals surface area contributed by atoms with Crippen LogP contribution in [0.2, 0.25) is 0 Å². The van der Waals surface area contributed by atoms with Gasteiger partial charge in [0.1, 0.15) is 0 Å². The smallest absolute Gasteiger partial charge is 0.306 e. The van der Waals surface area contributed by atoms with Gasteiger partial charge in [0.25, 0.3) is 5.69 Å². The maximum absolute atomic E-state index is 12.1. The average Bonchev–Trinajstić information content (AvgIpc) is 2.87. The number of sulfonamides is 1. The van der Waals surface area contributed by atoms with Crippen molar-refractivity contribution in [3.05, 3.63) is 34.4 Å². The molecular weight excluding hydrogens is 300 g/mol. The number of rotatable bonds is 5. The third-order valence-electron chi connectivity index (χ3n) is 3.46. The molecule has 0 saturated heterocycles. The second-order valence-corrected chi connectivity index (χ2v) is 6.63. The van der Waals surface area contributed by atoms with Gasteiger partial charge in [-0.05, 0) is 31.4 Å². The van der Waals surface area contributed by atoms with Gasteiger partial charge in [-0.15, -0.1) is 0 Å². The van der Waals surface area contributed by atoms with E-state index in [1.807, 2.05) is 0 Å². The van der Waals surface area contributed by atoms with Gasteiger partial charge in [-0.1, -0.05) is 0 Å². The Labute approximate surface area is 121 Å². The summed E-state index contributed by atoms with van der Waals surface area (Å²) in [6.07, 6.45) is 1.15. The summed E-state index contributed by atoms with van der Waals surface area (Å²) < 4.78 is 26.7. The number of benzene rings is 1. The molecule has 1 aromatic carbocycles. The summed E-state index contributed by atoms with van der Waals surface area (Å²) in [5.41, 5.74) is -0.194. The molecule has 2 N–H and O–H groups in total. The first kappa shape index (κ1) is 15.4. The molecule has 0 bridgehead atoms. The summed E-state index contributed by atoms with van der Waals surface area (Å²) >= 11 is 0. The fourth-order valence-corrected chi connectivity index (χ4v) is 3.63. The number of nitrogens with one attached hydrogen (secondary N) is 1. The van der Waals surface area contributed by atoms with E-state index in [-0.39, 0.29) is 17.0 Å². The Hall–Kier alpha value is -2.00. The fraction of sp³-hybridized carbons (Fsp3) is 0.417. The molecule has 2 unspecified atom stereocenters. The van der Waals surface area contributed by atoms with Crippen molar-refractivity contribution in [2.24, 2.45) is 5.92 Å². The highest BCUT2D eigenvalue weighted by molar-refractivity contribution is 7.89. The van der Waals surface area contributed by atoms with Gasteiger partial charge in [0.05, 0.1) is 15.7 Å². The second kappa shape index (κ2) is 5.78. The maximum atomic E-state index is 12.1. The molecule has 114 valence electrons. The summed E-state index contributed by atoms with van der Waals surface area (Å²) in [6.45, 7) is 0. The van der Waals surface area contributed by atoms with Crippen LogP contribution in [-0.2, 0) is 14.8 Å². The SMILES string of the molecule is O=C(O)C1CCC(NS(=O)(=O)c2ccc([N+](=O)[O-])cc2)C1. The number of hydrogen-bond donors (Lipinski definition) is 2. The van der Waals surface area contributed by atoms with Crippen LogP contribution in [0, 0.1) is 16.0 Å². The molecule has 1 aliphatic carbocycles. The van der Waals surface area contributed by atoms with Crippen LogP contribution in [0.5, 0.6) is 0 Å². The largest absolute Gasteiger partial charge is 0.481 e. The minimum Gasteiger partial charge on any atom is -0.481 e. The number of non-ortho nitro benzene ring substituents is 1. The summed E-state index contributed by atoms with van der Waals surface area (Å²) in [5.74, 6) is -1.46. The predicted octanol–water partition coefficient (Wildman–Crippen LogP) is 1.13. The Morgan fingerprint density at radius 3 is 2.38 bits per heavy atom. The molecule has 0 spiro atoms. The third-order valence-corrected chi connectivity index (χ3v) is 5.00. The van der Waals surface area contributed by atoms with Crippen LogP contribution in [0.3, 0.4) is 0 Å². The van der Waals surface area contributed by atoms with Crippen LogP contribution < -0.4 is 4.72 Å². The summed E-state index contributed by atoms with van der Waals surface area (Å²) in [6, 6.07) is 4.12. The van der Waals surface area contributed by atoms with E-state index in [1.54, 1.807) is 0 Å². The van der Waals surface area contributed by atoms with Gasteiger partial charge < -0.3 is 5.11 Å². The number of nitro groups is 1. The minimum absolute atomic E-state index is 0.0770. The van der Waals surface area contributed by atoms with Crippen LogP contribution in [-0.4, -0.2) is 30.5 Å². The van der Waals surface area contributed by atoms with E-state index in [0.717, 1.165) is 24.3 Å². The number of carboxylic acid groups (broad SMARTS) is 1. The van der Waals surface area contributed by atoms with Crippen molar-refractivity contribution < 1.29 is 23.2 Å². The Kier molecular flexibility index (Phi) is 4.24. The van der Waals surface area contributed by atoms with Gasteiger partial charge in [0.15, 0.2) is 0 Å². The molecule has 0 radical (unpaired) electrons. The van der Waals surface area contributed by atoms with Gasteiger partial charge >= 0.3 is 5.97 Å². The topological polar surface area (TPSA) is 127 Å². The zero-order valence-electron chi connectivity index (χ0n) is 10.9.